The molecule has 0 saturated heterocycles. The maximum absolute atomic E-state index is 6.13. The van der Waals surface area contributed by atoms with Gasteiger partial charge in [-0.2, -0.15) is 0 Å². The summed E-state index contributed by atoms with van der Waals surface area (Å²) in [7, 11) is 0. The lowest BCUT2D eigenvalue weighted by atomic mass is 9.81. The molecule has 0 radical (unpaired) electrons. The second-order valence-corrected chi connectivity index (χ2v) is 5.09. The third-order valence-corrected chi connectivity index (χ3v) is 3.62. The maximum Gasteiger partial charge on any atom is 0.0794 e. The molecule has 0 fully saturated rings. The van der Waals surface area contributed by atoms with Gasteiger partial charge in [0.25, 0.3) is 0 Å². The molecule has 2 N–H and O–H groups in total. The Labute approximate surface area is 84.2 Å². The van der Waals surface area contributed by atoms with Crippen LogP contribution in [0.1, 0.15) is 32.1 Å². The Morgan fingerprint density at radius 1 is 1.62 bits per heavy atom. The summed E-state index contributed by atoms with van der Waals surface area (Å²) in [6, 6.07) is 0.234. The predicted molar refractivity (Wildman–Crippen MR) is 57.9 cm³/mol. The molecule has 0 spiro atoms. The molecule has 13 heavy (non-hydrogen) atoms. The quantitative estimate of drug-likeness (QED) is 0.807. The summed E-state index contributed by atoms with van der Waals surface area (Å²) in [5.41, 5.74) is 8.22. The molecule has 2 nitrogen and oxygen atoms in total. The van der Waals surface area contributed by atoms with E-state index >= 15 is 0 Å². The zero-order valence-electron chi connectivity index (χ0n) is 8.58. The summed E-state index contributed by atoms with van der Waals surface area (Å²) in [5.74, 6) is 0. The van der Waals surface area contributed by atoms with Gasteiger partial charge in [0.15, 0.2) is 0 Å². The first-order valence-electron chi connectivity index (χ1n) is 4.69. The maximum atomic E-state index is 6.13. The number of nitrogens with zero attached hydrogens (tertiary/aromatic N) is 1. The monoisotopic (exact) mass is 198 g/mol. The number of thiazole rings is 1. The smallest absolute Gasteiger partial charge is 0.0794 e. The van der Waals surface area contributed by atoms with Crippen molar-refractivity contribution < 1.29 is 0 Å². The predicted octanol–water partition coefficient (Wildman–Crippen LogP) is 2.45. The summed E-state index contributed by atoms with van der Waals surface area (Å²) < 4.78 is 0. The fraction of sp³-hybridized carbons (Fsp3) is 0.700. The minimum atomic E-state index is 0.226. The molecule has 0 saturated carbocycles. The second-order valence-electron chi connectivity index (χ2n) is 4.12. The molecule has 0 aromatic carbocycles. The highest BCUT2D eigenvalue weighted by Gasteiger charge is 2.24. The van der Waals surface area contributed by atoms with E-state index in [0.717, 1.165) is 12.8 Å². The lowest BCUT2D eigenvalue weighted by molar-refractivity contribution is 0.273. The van der Waals surface area contributed by atoms with Crippen molar-refractivity contribution in [3.8, 4) is 0 Å². The highest BCUT2D eigenvalue weighted by atomic mass is 32.1. The van der Waals surface area contributed by atoms with Crippen LogP contribution < -0.4 is 5.73 Å². The van der Waals surface area contributed by atoms with Crippen molar-refractivity contribution in [2.75, 3.05) is 0 Å². The van der Waals surface area contributed by atoms with Crippen molar-refractivity contribution in [2.24, 2.45) is 11.1 Å². The molecule has 1 aromatic rings. The number of hydrogen-bond donors (Lipinski definition) is 1. The number of hydrogen-bond acceptors (Lipinski definition) is 3. The molecule has 1 atom stereocenters. The first kappa shape index (κ1) is 10.7. The zero-order chi connectivity index (χ0) is 9.90. The molecule has 0 amide bonds. The Morgan fingerprint density at radius 2 is 2.31 bits per heavy atom. The standard InChI is InChI=1S/C10H18N2S/c1-4-10(2,3)9(11)5-8-6-12-7-13-8/h6-7,9H,4-5,11H2,1-3H3. The minimum absolute atomic E-state index is 0.226. The summed E-state index contributed by atoms with van der Waals surface area (Å²) >= 11 is 1.69. The van der Waals surface area contributed by atoms with Crippen LogP contribution in [0.3, 0.4) is 0 Å². The largest absolute Gasteiger partial charge is 0.327 e. The van der Waals surface area contributed by atoms with E-state index in [0.29, 0.717) is 0 Å². The Bertz CT molecular complexity index is 241. The molecule has 74 valence electrons. The van der Waals surface area contributed by atoms with Gasteiger partial charge in [0.2, 0.25) is 0 Å². The van der Waals surface area contributed by atoms with Crippen LogP contribution >= 0.6 is 11.3 Å². The van der Waals surface area contributed by atoms with E-state index < -0.39 is 0 Å². The first-order valence-corrected chi connectivity index (χ1v) is 5.57. The summed E-state index contributed by atoms with van der Waals surface area (Å²) in [6.07, 6.45) is 3.98. The Morgan fingerprint density at radius 3 is 2.77 bits per heavy atom. The zero-order valence-corrected chi connectivity index (χ0v) is 9.40. The van der Waals surface area contributed by atoms with E-state index in [2.05, 4.69) is 25.8 Å². The summed E-state index contributed by atoms with van der Waals surface area (Å²) in [5, 5.41) is 0. The van der Waals surface area contributed by atoms with Gasteiger partial charge in [-0.25, -0.2) is 0 Å². The van der Waals surface area contributed by atoms with E-state index in [9.17, 15) is 0 Å². The van der Waals surface area contributed by atoms with Crippen LogP contribution in [-0.2, 0) is 6.42 Å². The van der Waals surface area contributed by atoms with E-state index in [4.69, 9.17) is 5.73 Å². The average molecular weight is 198 g/mol. The van der Waals surface area contributed by atoms with Gasteiger partial charge < -0.3 is 5.73 Å². The van der Waals surface area contributed by atoms with E-state index in [-0.39, 0.29) is 11.5 Å². The van der Waals surface area contributed by atoms with Crippen LogP contribution in [0.5, 0.6) is 0 Å². The van der Waals surface area contributed by atoms with E-state index in [1.165, 1.54) is 4.88 Å². The fourth-order valence-electron chi connectivity index (χ4n) is 1.10. The van der Waals surface area contributed by atoms with Gasteiger partial charge in [-0.15, -0.1) is 11.3 Å². The number of rotatable bonds is 4. The molecule has 1 aromatic heterocycles. The van der Waals surface area contributed by atoms with Gasteiger partial charge >= 0.3 is 0 Å². The number of aromatic nitrogens is 1. The highest BCUT2D eigenvalue weighted by Crippen LogP contribution is 2.26. The van der Waals surface area contributed by atoms with Gasteiger partial charge in [-0.3, -0.25) is 4.98 Å². The van der Waals surface area contributed by atoms with Crippen molar-refractivity contribution in [1.82, 2.24) is 4.98 Å². The van der Waals surface area contributed by atoms with Crippen molar-refractivity contribution >= 4 is 11.3 Å². The molecule has 1 heterocycles. The topological polar surface area (TPSA) is 38.9 Å². The highest BCUT2D eigenvalue weighted by molar-refractivity contribution is 7.09. The van der Waals surface area contributed by atoms with Gasteiger partial charge in [0.05, 0.1) is 5.51 Å². The molecule has 0 aliphatic heterocycles. The molecule has 0 aliphatic carbocycles. The molecule has 1 unspecified atom stereocenters. The van der Waals surface area contributed by atoms with Crippen LogP contribution in [-0.4, -0.2) is 11.0 Å². The van der Waals surface area contributed by atoms with Gasteiger partial charge in [-0.1, -0.05) is 20.8 Å². The summed E-state index contributed by atoms with van der Waals surface area (Å²) in [4.78, 5) is 5.33. The number of nitrogens with two attached hydrogens (primary N) is 1. The second kappa shape index (κ2) is 4.20. The van der Waals surface area contributed by atoms with Crippen LogP contribution in [0.25, 0.3) is 0 Å². The molecule has 3 heteroatoms. The summed E-state index contributed by atoms with van der Waals surface area (Å²) in [6.45, 7) is 6.63. The molecular weight excluding hydrogens is 180 g/mol. The normalized spacial score (nSPS) is 14.5. The Balaban J connectivity index is 2.55. The average Bonchev–Trinajstić information content (AvgIpc) is 2.57. The Kier molecular flexibility index (Phi) is 3.45. The van der Waals surface area contributed by atoms with Crippen LogP contribution in [0.4, 0.5) is 0 Å². The van der Waals surface area contributed by atoms with Crippen LogP contribution in [0.15, 0.2) is 11.7 Å². The van der Waals surface area contributed by atoms with Gasteiger partial charge in [0, 0.05) is 17.1 Å². The third-order valence-electron chi connectivity index (χ3n) is 2.82. The first-order chi connectivity index (χ1) is 6.06. The SMILES string of the molecule is CCC(C)(C)C(N)Cc1cncs1. The van der Waals surface area contributed by atoms with Gasteiger partial charge in [0.1, 0.15) is 0 Å². The fourth-order valence-corrected chi connectivity index (χ4v) is 1.75. The molecule has 1 rings (SSSR count). The van der Waals surface area contributed by atoms with E-state index in [1.54, 1.807) is 11.3 Å². The molecular formula is C10H18N2S. The van der Waals surface area contributed by atoms with Crippen molar-refractivity contribution in [1.29, 1.82) is 0 Å². The lowest BCUT2D eigenvalue weighted by Gasteiger charge is -2.29. The third kappa shape index (κ3) is 2.78. The van der Waals surface area contributed by atoms with Crippen LogP contribution in [0, 0.1) is 5.41 Å². The Hall–Kier alpha value is -0.410. The minimum Gasteiger partial charge on any atom is -0.327 e. The van der Waals surface area contributed by atoms with Gasteiger partial charge in [-0.05, 0) is 18.3 Å². The van der Waals surface area contributed by atoms with E-state index in [1.807, 2.05) is 11.7 Å². The lowest BCUT2D eigenvalue weighted by Crippen LogP contribution is -2.38. The van der Waals surface area contributed by atoms with Crippen LogP contribution in [0.2, 0.25) is 0 Å². The van der Waals surface area contributed by atoms with Crippen molar-refractivity contribution in [2.45, 2.75) is 39.7 Å². The van der Waals surface area contributed by atoms with Crippen molar-refractivity contribution in [3.63, 3.8) is 0 Å². The molecule has 0 bridgehead atoms. The van der Waals surface area contributed by atoms with Crippen molar-refractivity contribution in [3.05, 3.63) is 16.6 Å². The molecule has 0 aliphatic rings.